The molecule has 3 nitrogen and oxygen atoms in total. The summed E-state index contributed by atoms with van der Waals surface area (Å²) >= 11 is 0. The third-order valence-corrected chi connectivity index (χ3v) is 3.31. The fourth-order valence-electron chi connectivity index (χ4n) is 2.41. The Morgan fingerprint density at radius 3 is 2.47 bits per heavy atom. The summed E-state index contributed by atoms with van der Waals surface area (Å²) in [6, 6.07) is 10.0. The lowest BCUT2D eigenvalue weighted by molar-refractivity contribution is 0.433. The molecule has 1 aromatic heterocycles. The lowest BCUT2D eigenvalue weighted by Gasteiger charge is -2.12. The quantitative estimate of drug-likeness (QED) is 0.873. The molecule has 0 bridgehead atoms. The highest BCUT2D eigenvalue weighted by Crippen LogP contribution is 2.36. The summed E-state index contributed by atoms with van der Waals surface area (Å²) in [5.74, 6) is 0.478. The third kappa shape index (κ3) is 2.80. The summed E-state index contributed by atoms with van der Waals surface area (Å²) in [6.07, 6.45) is 2.20. The Morgan fingerprint density at radius 1 is 1.21 bits per heavy atom. The van der Waals surface area contributed by atoms with E-state index >= 15 is 0 Å². The zero-order valence-electron chi connectivity index (χ0n) is 11.9. The predicted molar refractivity (Wildman–Crippen MR) is 78.3 cm³/mol. The van der Waals surface area contributed by atoms with Crippen LogP contribution in [0.4, 0.5) is 0 Å². The molecule has 0 amide bonds. The van der Waals surface area contributed by atoms with Crippen molar-refractivity contribution in [1.29, 1.82) is 0 Å². The van der Waals surface area contributed by atoms with E-state index in [0.717, 1.165) is 36.2 Å². The Labute approximate surface area is 114 Å². The summed E-state index contributed by atoms with van der Waals surface area (Å²) in [5.41, 5.74) is 3.04. The van der Waals surface area contributed by atoms with E-state index in [4.69, 9.17) is 0 Å². The lowest BCUT2D eigenvalue weighted by atomic mass is 9.99. The first-order chi connectivity index (χ1) is 9.15. The maximum atomic E-state index is 10.2. The Balaban J connectivity index is 2.51. The second-order valence-corrected chi connectivity index (χ2v) is 5.18. The molecule has 0 saturated heterocycles. The van der Waals surface area contributed by atoms with Gasteiger partial charge in [-0.05, 0) is 17.9 Å². The van der Waals surface area contributed by atoms with Gasteiger partial charge in [-0.1, -0.05) is 57.5 Å². The van der Waals surface area contributed by atoms with Crippen molar-refractivity contribution >= 4 is 0 Å². The summed E-state index contributed by atoms with van der Waals surface area (Å²) in [5, 5.41) is 14.5. The van der Waals surface area contributed by atoms with E-state index in [2.05, 4.69) is 25.9 Å². The second kappa shape index (κ2) is 5.91. The van der Waals surface area contributed by atoms with Crippen LogP contribution in [0.2, 0.25) is 0 Å². The van der Waals surface area contributed by atoms with E-state index in [1.165, 1.54) is 0 Å². The van der Waals surface area contributed by atoms with Crippen molar-refractivity contribution in [1.82, 2.24) is 9.78 Å². The van der Waals surface area contributed by atoms with Crippen molar-refractivity contribution in [2.45, 2.75) is 46.1 Å². The van der Waals surface area contributed by atoms with Crippen LogP contribution in [-0.2, 0) is 6.54 Å². The monoisotopic (exact) mass is 258 g/mol. The number of hydrogen-bond donors (Lipinski definition) is 1. The molecule has 0 aliphatic carbocycles. The first-order valence-corrected chi connectivity index (χ1v) is 7.00. The highest BCUT2D eigenvalue weighted by molar-refractivity contribution is 5.71. The van der Waals surface area contributed by atoms with Crippen molar-refractivity contribution in [3.8, 4) is 17.0 Å². The minimum absolute atomic E-state index is 0.144. The Bertz CT molecular complexity index is 529. The van der Waals surface area contributed by atoms with E-state index in [1.54, 1.807) is 0 Å². The van der Waals surface area contributed by atoms with E-state index in [-0.39, 0.29) is 5.88 Å². The topological polar surface area (TPSA) is 38.0 Å². The molecule has 0 aliphatic rings. The van der Waals surface area contributed by atoms with Crippen LogP contribution in [0.3, 0.4) is 0 Å². The van der Waals surface area contributed by atoms with Crippen LogP contribution in [0.5, 0.6) is 5.88 Å². The Hall–Kier alpha value is -1.77. The van der Waals surface area contributed by atoms with Crippen molar-refractivity contribution < 1.29 is 5.11 Å². The van der Waals surface area contributed by atoms with Gasteiger partial charge in [0.15, 0.2) is 0 Å². The molecule has 0 spiro atoms. The second-order valence-electron chi connectivity index (χ2n) is 5.18. The van der Waals surface area contributed by atoms with Crippen molar-refractivity contribution in [2.75, 3.05) is 0 Å². The van der Waals surface area contributed by atoms with Gasteiger partial charge in [-0.25, -0.2) is 0 Å². The molecule has 1 N–H and O–H groups in total. The van der Waals surface area contributed by atoms with Crippen LogP contribution in [-0.4, -0.2) is 14.9 Å². The van der Waals surface area contributed by atoms with E-state index in [9.17, 15) is 5.11 Å². The summed E-state index contributed by atoms with van der Waals surface area (Å²) in [4.78, 5) is 0. The molecule has 0 saturated carbocycles. The van der Waals surface area contributed by atoms with E-state index < -0.39 is 0 Å². The van der Waals surface area contributed by atoms with Crippen LogP contribution in [0.1, 0.15) is 45.2 Å². The number of aromatic hydroxyl groups is 1. The van der Waals surface area contributed by atoms with Gasteiger partial charge in [0.1, 0.15) is 0 Å². The number of hydrogen-bond acceptors (Lipinski definition) is 2. The largest absolute Gasteiger partial charge is 0.492 e. The van der Waals surface area contributed by atoms with Gasteiger partial charge < -0.3 is 5.11 Å². The van der Waals surface area contributed by atoms with Gasteiger partial charge >= 0.3 is 0 Å². The molecule has 0 unspecified atom stereocenters. The number of aryl methyl sites for hydroxylation is 1. The molecule has 0 radical (unpaired) electrons. The summed E-state index contributed by atoms with van der Waals surface area (Å²) < 4.78 is 1.96. The maximum absolute atomic E-state index is 10.2. The molecule has 1 aromatic carbocycles. The first kappa shape index (κ1) is 13.7. The van der Waals surface area contributed by atoms with Crippen molar-refractivity contribution in [3.05, 3.63) is 36.0 Å². The Kier molecular flexibility index (Phi) is 4.25. The number of rotatable bonds is 5. The highest BCUT2D eigenvalue weighted by Gasteiger charge is 2.20. The molecule has 3 heteroatoms. The van der Waals surface area contributed by atoms with Crippen LogP contribution >= 0.6 is 0 Å². The van der Waals surface area contributed by atoms with Crippen LogP contribution in [0, 0.1) is 0 Å². The smallest absolute Gasteiger partial charge is 0.238 e. The average Bonchev–Trinajstić information content (AvgIpc) is 2.74. The molecule has 102 valence electrons. The molecule has 19 heavy (non-hydrogen) atoms. The number of benzene rings is 1. The van der Waals surface area contributed by atoms with Gasteiger partial charge in [-0.15, -0.1) is 5.10 Å². The zero-order valence-corrected chi connectivity index (χ0v) is 11.9. The molecule has 2 rings (SSSR count). The molecule has 0 aliphatic heterocycles. The first-order valence-electron chi connectivity index (χ1n) is 7.00. The zero-order chi connectivity index (χ0) is 13.8. The van der Waals surface area contributed by atoms with Crippen LogP contribution < -0.4 is 0 Å². The third-order valence-electron chi connectivity index (χ3n) is 3.31. The molecule has 0 fully saturated rings. The van der Waals surface area contributed by atoms with Crippen LogP contribution in [0.15, 0.2) is 30.3 Å². The maximum Gasteiger partial charge on any atom is 0.238 e. The number of aromatic nitrogens is 2. The number of unbranched alkanes of at least 4 members (excludes halogenated alkanes) is 1. The van der Waals surface area contributed by atoms with Gasteiger partial charge in [0, 0.05) is 6.54 Å². The predicted octanol–water partition coefficient (Wildman–Crippen LogP) is 4.18. The van der Waals surface area contributed by atoms with E-state index in [1.807, 2.05) is 35.0 Å². The fraction of sp³-hybridized carbons (Fsp3) is 0.438. The van der Waals surface area contributed by atoms with Crippen molar-refractivity contribution in [2.24, 2.45) is 0 Å². The highest BCUT2D eigenvalue weighted by atomic mass is 16.3. The summed E-state index contributed by atoms with van der Waals surface area (Å²) in [6.45, 7) is 7.32. The normalized spacial score (nSPS) is 11.2. The SMILES string of the molecule is CCCCn1nc(O)c(-c2ccccc2)c1C(C)C. The molecule has 2 aromatic rings. The molecular weight excluding hydrogens is 236 g/mol. The minimum Gasteiger partial charge on any atom is -0.492 e. The van der Waals surface area contributed by atoms with E-state index in [0.29, 0.717) is 5.92 Å². The molecule has 0 atom stereocenters. The van der Waals surface area contributed by atoms with Gasteiger partial charge in [0.25, 0.3) is 0 Å². The van der Waals surface area contributed by atoms with Gasteiger partial charge in [-0.3, -0.25) is 4.68 Å². The van der Waals surface area contributed by atoms with Gasteiger partial charge in [0.2, 0.25) is 5.88 Å². The lowest BCUT2D eigenvalue weighted by Crippen LogP contribution is -2.07. The minimum atomic E-state index is 0.144. The fourth-order valence-corrected chi connectivity index (χ4v) is 2.41. The summed E-state index contributed by atoms with van der Waals surface area (Å²) in [7, 11) is 0. The van der Waals surface area contributed by atoms with Crippen LogP contribution in [0.25, 0.3) is 11.1 Å². The standard InChI is InChI=1S/C16H22N2O/c1-4-5-11-18-15(12(2)3)14(16(19)17-18)13-9-7-6-8-10-13/h6-10,12H,4-5,11H2,1-3H3,(H,17,19). The number of nitrogens with zero attached hydrogens (tertiary/aromatic N) is 2. The molecular formula is C16H22N2O. The Morgan fingerprint density at radius 2 is 1.89 bits per heavy atom. The van der Waals surface area contributed by atoms with Crippen molar-refractivity contribution in [3.63, 3.8) is 0 Å². The van der Waals surface area contributed by atoms with Gasteiger partial charge in [-0.2, -0.15) is 0 Å². The average molecular weight is 258 g/mol. The van der Waals surface area contributed by atoms with Gasteiger partial charge in [0.05, 0.1) is 11.3 Å². The molecule has 1 heterocycles.